The summed E-state index contributed by atoms with van der Waals surface area (Å²) in [5.74, 6) is 0. The highest BCUT2D eigenvalue weighted by Crippen LogP contribution is 2.38. The molecule has 0 radical (unpaired) electrons. The molecule has 1 aliphatic carbocycles. The van der Waals surface area contributed by atoms with E-state index < -0.39 is 0 Å². The Labute approximate surface area is 69.8 Å². The van der Waals surface area contributed by atoms with Crippen LogP contribution in [0, 0.1) is 5.41 Å². The third-order valence-electron chi connectivity index (χ3n) is 1.90. The van der Waals surface area contributed by atoms with Gasteiger partial charge in [-0.05, 0) is 18.3 Å². The van der Waals surface area contributed by atoms with Crippen molar-refractivity contribution < 1.29 is 4.74 Å². The second-order valence-corrected chi connectivity index (χ2v) is 3.49. The van der Waals surface area contributed by atoms with Crippen LogP contribution in [0.5, 0.6) is 0 Å². The largest absolute Gasteiger partial charge is 0.474 e. The summed E-state index contributed by atoms with van der Waals surface area (Å²) in [5, 5.41) is 0. The van der Waals surface area contributed by atoms with Gasteiger partial charge < -0.3 is 4.74 Å². The zero-order chi connectivity index (χ0) is 8.74. The molecule has 0 N–H and O–H groups in total. The van der Waals surface area contributed by atoms with Crippen molar-refractivity contribution in [3.8, 4) is 0 Å². The highest BCUT2D eigenvalue weighted by atomic mass is 16.5. The van der Waals surface area contributed by atoms with Crippen molar-refractivity contribution in [2.45, 2.75) is 33.1 Å². The van der Waals surface area contributed by atoms with Crippen LogP contribution in [0.25, 0.3) is 0 Å². The fraction of sp³-hybridized carbons (Fsp3) is 0.600. The first kappa shape index (κ1) is 10.3. The van der Waals surface area contributed by atoms with Crippen LogP contribution in [0.2, 0.25) is 0 Å². The van der Waals surface area contributed by atoms with E-state index in [1.165, 1.54) is 31.8 Å². The lowest BCUT2D eigenvalue weighted by molar-refractivity contribution is 0.190. The Morgan fingerprint density at radius 1 is 1.18 bits per heavy atom. The molecule has 1 nitrogen and oxygen atoms in total. The Kier molecular flexibility index (Phi) is 4.67. The molecule has 0 aromatic carbocycles. The second-order valence-electron chi connectivity index (χ2n) is 3.49. The minimum absolute atomic E-state index is 0.722. The van der Waals surface area contributed by atoms with Gasteiger partial charge in [-0.1, -0.05) is 33.4 Å². The molecule has 0 unspecified atom stereocenters. The van der Waals surface area contributed by atoms with Gasteiger partial charge in [0.2, 0.25) is 0 Å². The fourth-order valence-corrected chi connectivity index (χ4v) is 0.952. The minimum Gasteiger partial charge on any atom is -0.474 e. The average molecular weight is 154 g/mol. The highest BCUT2D eigenvalue weighted by Gasteiger charge is 2.24. The Hall–Kier alpha value is -0.720. The number of rotatable bonds is 2. The van der Waals surface area contributed by atoms with Gasteiger partial charge in [-0.2, -0.15) is 0 Å². The standard InChI is InChI=1S/C6H12.C4H6O/c1-6(2)4-3-5-6;1-3-5-4-2/h3-5H2,1-2H3;3-4H,1-2H2. The van der Waals surface area contributed by atoms with Crippen molar-refractivity contribution >= 4 is 0 Å². The SMILES string of the molecule is C=COC=C.CC1(C)CCC1. The van der Waals surface area contributed by atoms with E-state index in [1.54, 1.807) is 0 Å². The molecular weight excluding hydrogens is 136 g/mol. The Balaban J connectivity index is 0.000000187. The third kappa shape index (κ3) is 5.71. The molecule has 1 fully saturated rings. The zero-order valence-corrected chi connectivity index (χ0v) is 7.60. The van der Waals surface area contributed by atoms with E-state index >= 15 is 0 Å². The molecule has 1 aliphatic rings. The fourth-order valence-electron chi connectivity index (χ4n) is 0.952. The molecule has 0 amide bonds. The predicted octanol–water partition coefficient (Wildman–Crippen LogP) is 3.49. The zero-order valence-electron chi connectivity index (χ0n) is 7.60. The van der Waals surface area contributed by atoms with Gasteiger partial charge in [0.25, 0.3) is 0 Å². The van der Waals surface area contributed by atoms with Gasteiger partial charge in [0.15, 0.2) is 0 Å². The molecule has 0 aromatic heterocycles. The lowest BCUT2D eigenvalue weighted by Gasteiger charge is -2.33. The first-order valence-electron chi connectivity index (χ1n) is 4.00. The normalized spacial score (nSPS) is 18.4. The quantitative estimate of drug-likeness (QED) is 0.553. The van der Waals surface area contributed by atoms with Crippen LogP contribution in [0.4, 0.5) is 0 Å². The van der Waals surface area contributed by atoms with Gasteiger partial charge in [0, 0.05) is 0 Å². The monoisotopic (exact) mass is 154 g/mol. The number of hydrogen-bond donors (Lipinski definition) is 0. The molecular formula is C10H18O. The van der Waals surface area contributed by atoms with E-state index in [0.29, 0.717) is 0 Å². The summed E-state index contributed by atoms with van der Waals surface area (Å²) >= 11 is 0. The smallest absolute Gasteiger partial charge is 0.0829 e. The summed E-state index contributed by atoms with van der Waals surface area (Å²) < 4.78 is 4.36. The molecule has 11 heavy (non-hydrogen) atoms. The van der Waals surface area contributed by atoms with E-state index in [9.17, 15) is 0 Å². The molecule has 64 valence electrons. The Morgan fingerprint density at radius 2 is 1.55 bits per heavy atom. The van der Waals surface area contributed by atoms with Crippen molar-refractivity contribution in [3.63, 3.8) is 0 Å². The summed E-state index contributed by atoms with van der Waals surface area (Å²) in [6.45, 7) is 11.2. The van der Waals surface area contributed by atoms with Crippen LogP contribution < -0.4 is 0 Å². The molecule has 0 bridgehead atoms. The molecule has 1 heteroatoms. The topological polar surface area (TPSA) is 9.23 Å². The Bertz CT molecular complexity index is 113. The Morgan fingerprint density at radius 3 is 1.55 bits per heavy atom. The maximum absolute atomic E-state index is 4.36. The average Bonchev–Trinajstić information content (AvgIpc) is 1.88. The van der Waals surface area contributed by atoms with Crippen LogP contribution in [0.15, 0.2) is 25.7 Å². The maximum atomic E-state index is 4.36. The lowest BCUT2D eigenvalue weighted by Crippen LogP contribution is -2.20. The van der Waals surface area contributed by atoms with E-state index in [2.05, 4.69) is 31.7 Å². The van der Waals surface area contributed by atoms with E-state index in [-0.39, 0.29) is 0 Å². The summed E-state index contributed by atoms with van der Waals surface area (Å²) in [6, 6.07) is 0. The molecule has 0 aliphatic heterocycles. The van der Waals surface area contributed by atoms with Crippen LogP contribution >= 0.6 is 0 Å². The summed E-state index contributed by atoms with van der Waals surface area (Å²) in [6.07, 6.45) is 6.99. The lowest BCUT2D eigenvalue weighted by atomic mass is 9.72. The van der Waals surface area contributed by atoms with Crippen molar-refractivity contribution in [1.82, 2.24) is 0 Å². The van der Waals surface area contributed by atoms with Crippen molar-refractivity contribution in [2.75, 3.05) is 0 Å². The van der Waals surface area contributed by atoms with Gasteiger partial charge >= 0.3 is 0 Å². The molecule has 1 saturated carbocycles. The summed E-state index contributed by atoms with van der Waals surface area (Å²) in [5.41, 5.74) is 0.722. The van der Waals surface area contributed by atoms with Crippen LogP contribution in [0.1, 0.15) is 33.1 Å². The van der Waals surface area contributed by atoms with E-state index in [1.807, 2.05) is 0 Å². The van der Waals surface area contributed by atoms with Crippen molar-refractivity contribution in [3.05, 3.63) is 25.7 Å². The summed E-state index contributed by atoms with van der Waals surface area (Å²) in [7, 11) is 0. The van der Waals surface area contributed by atoms with E-state index in [0.717, 1.165) is 5.41 Å². The van der Waals surface area contributed by atoms with Gasteiger partial charge in [0.1, 0.15) is 0 Å². The maximum Gasteiger partial charge on any atom is 0.0829 e. The third-order valence-corrected chi connectivity index (χ3v) is 1.90. The molecule has 0 heterocycles. The van der Waals surface area contributed by atoms with Gasteiger partial charge in [0.05, 0.1) is 12.5 Å². The summed E-state index contributed by atoms with van der Waals surface area (Å²) in [4.78, 5) is 0. The number of hydrogen-bond acceptors (Lipinski definition) is 1. The molecule has 0 spiro atoms. The first-order valence-corrected chi connectivity index (χ1v) is 4.00. The first-order chi connectivity index (χ1) is 5.12. The van der Waals surface area contributed by atoms with Gasteiger partial charge in [-0.25, -0.2) is 0 Å². The molecule has 0 atom stereocenters. The molecule has 0 aromatic rings. The van der Waals surface area contributed by atoms with E-state index in [4.69, 9.17) is 0 Å². The second kappa shape index (κ2) is 5.00. The number of ether oxygens (including phenoxy) is 1. The van der Waals surface area contributed by atoms with Crippen LogP contribution in [0.3, 0.4) is 0 Å². The highest BCUT2D eigenvalue weighted by molar-refractivity contribution is 4.77. The van der Waals surface area contributed by atoms with Crippen molar-refractivity contribution in [2.24, 2.45) is 5.41 Å². The van der Waals surface area contributed by atoms with Crippen molar-refractivity contribution in [1.29, 1.82) is 0 Å². The van der Waals surface area contributed by atoms with Gasteiger partial charge in [-0.15, -0.1) is 0 Å². The van der Waals surface area contributed by atoms with Crippen LogP contribution in [-0.2, 0) is 4.74 Å². The minimum atomic E-state index is 0.722. The molecule has 0 saturated heterocycles. The molecule has 1 rings (SSSR count). The predicted molar refractivity (Wildman–Crippen MR) is 49.1 cm³/mol. The van der Waals surface area contributed by atoms with Gasteiger partial charge in [-0.3, -0.25) is 0 Å². The van der Waals surface area contributed by atoms with Crippen LogP contribution in [-0.4, -0.2) is 0 Å².